The first-order valence-corrected chi connectivity index (χ1v) is 9.04. The van der Waals surface area contributed by atoms with Crippen molar-refractivity contribution in [1.82, 2.24) is 14.9 Å². The number of H-pyrrole nitrogens is 1. The van der Waals surface area contributed by atoms with E-state index < -0.39 is 0 Å². The number of benzene rings is 2. The number of terminal acetylenes is 1. The van der Waals surface area contributed by atoms with Crippen LogP contribution in [-0.2, 0) is 6.61 Å². The highest BCUT2D eigenvalue weighted by molar-refractivity contribution is 7.71. The minimum Gasteiger partial charge on any atom is -0.486 e. The lowest BCUT2D eigenvalue weighted by Crippen LogP contribution is -2.05. The fourth-order valence-electron chi connectivity index (χ4n) is 2.66. The summed E-state index contributed by atoms with van der Waals surface area (Å²) in [6.45, 7) is 4.47. The number of ether oxygens (including phenoxy) is 2. The second kappa shape index (κ2) is 9.02. The van der Waals surface area contributed by atoms with Crippen LogP contribution in [0.1, 0.15) is 22.5 Å². The van der Waals surface area contributed by atoms with Crippen LogP contribution in [0.3, 0.4) is 0 Å². The SMILES string of the molecule is C#CCOc1ccccc1/C=N\n1c(COc2cc(C)cc(C)c2)n[nH]c1=S. The van der Waals surface area contributed by atoms with Gasteiger partial charge in [0.15, 0.2) is 5.82 Å². The molecule has 1 heterocycles. The van der Waals surface area contributed by atoms with Crippen LogP contribution in [0.5, 0.6) is 11.5 Å². The molecule has 0 unspecified atom stereocenters. The third-order valence-corrected chi connectivity index (χ3v) is 4.09. The number of rotatable bonds is 7. The van der Waals surface area contributed by atoms with Gasteiger partial charge in [0.25, 0.3) is 0 Å². The van der Waals surface area contributed by atoms with Crippen molar-refractivity contribution in [2.45, 2.75) is 20.5 Å². The highest BCUT2D eigenvalue weighted by atomic mass is 32.1. The Morgan fingerprint density at radius 1 is 1.21 bits per heavy atom. The Balaban J connectivity index is 1.79. The molecule has 1 N–H and O–H groups in total. The van der Waals surface area contributed by atoms with Crippen LogP contribution in [0.25, 0.3) is 0 Å². The Bertz CT molecular complexity index is 1070. The third kappa shape index (κ3) is 4.87. The maximum Gasteiger partial charge on any atom is 0.216 e. The minimum atomic E-state index is 0.186. The van der Waals surface area contributed by atoms with Gasteiger partial charge in [-0.2, -0.15) is 14.9 Å². The Morgan fingerprint density at radius 2 is 1.96 bits per heavy atom. The molecule has 0 atom stereocenters. The molecule has 0 fully saturated rings. The van der Waals surface area contributed by atoms with Gasteiger partial charge in [-0.05, 0) is 61.5 Å². The van der Waals surface area contributed by atoms with E-state index in [1.54, 1.807) is 6.21 Å². The Hall–Kier alpha value is -3.37. The van der Waals surface area contributed by atoms with Crippen molar-refractivity contribution in [3.05, 3.63) is 69.8 Å². The molecule has 7 heteroatoms. The van der Waals surface area contributed by atoms with E-state index in [1.165, 1.54) is 4.68 Å². The first-order valence-electron chi connectivity index (χ1n) is 8.64. The molecule has 0 saturated carbocycles. The molecular formula is C21H20N4O2S. The second-order valence-electron chi connectivity index (χ2n) is 6.14. The fourth-order valence-corrected chi connectivity index (χ4v) is 2.86. The molecule has 28 heavy (non-hydrogen) atoms. The molecule has 0 radical (unpaired) electrons. The monoisotopic (exact) mass is 392 g/mol. The van der Waals surface area contributed by atoms with Crippen molar-refractivity contribution < 1.29 is 9.47 Å². The number of nitrogens with zero attached hydrogens (tertiary/aromatic N) is 3. The summed E-state index contributed by atoms with van der Waals surface area (Å²) in [5.41, 5.74) is 3.05. The average molecular weight is 392 g/mol. The Labute approximate surface area is 168 Å². The summed E-state index contributed by atoms with van der Waals surface area (Å²) >= 11 is 5.28. The van der Waals surface area contributed by atoms with E-state index in [0.29, 0.717) is 16.3 Å². The average Bonchev–Trinajstić information content (AvgIpc) is 3.02. The molecule has 0 saturated heterocycles. The molecular weight excluding hydrogens is 372 g/mol. The van der Waals surface area contributed by atoms with Gasteiger partial charge in [0.2, 0.25) is 4.77 Å². The van der Waals surface area contributed by atoms with Crippen molar-refractivity contribution in [2.24, 2.45) is 5.10 Å². The van der Waals surface area contributed by atoms with Gasteiger partial charge in [0.05, 0.1) is 6.21 Å². The summed E-state index contributed by atoms with van der Waals surface area (Å²) in [6, 6.07) is 13.5. The largest absolute Gasteiger partial charge is 0.486 e. The number of aromatic amines is 1. The summed E-state index contributed by atoms with van der Waals surface area (Å²) < 4.78 is 13.3. The molecule has 0 aliphatic rings. The van der Waals surface area contributed by atoms with Crippen LogP contribution in [0.15, 0.2) is 47.6 Å². The molecule has 142 valence electrons. The van der Waals surface area contributed by atoms with Crippen molar-refractivity contribution in [3.8, 4) is 23.8 Å². The van der Waals surface area contributed by atoms with Gasteiger partial charge < -0.3 is 9.47 Å². The number of hydrogen-bond acceptors (Lipinski definition) is 5. The van der Waals surface area contributed by atoms with E-state index in [2.05, 4.69) is 27.3 Å². The molecule has 1 aromatic heterocycles. The Kier molecular flexibility index (Phi) is 6.25. The smallest absolute Gasteiger partial charge is 0.216 e. The summed E-state index contributed by atoms with van der Waals surface area (Å²) in [6.07, 6.45) is 6.91. The van der Waals surface area contributed by atoms with E-state index >= 15 is 0 Å². The standard InChI is InChI=1S/C21H20N4O2S/c1-4-9-26-19-8-6-5-7-17(19)13-22-25-20(23-24-21(25)28)14-27-18-11-15(2)10-16(3)12-18/h1,5-8,10-13H,9,14H2,2-3H3,(H,24,28)/b22-13-. The van der Waals surface area contributed by atoms with E-state index in [-0.39, 0.29) is 13.2 Å². The third-order valence-electron chi connectivity index (χ3n) is 3.82. The van der Waals surface area contributed by atoms with E-state index in [1.807, 2.05) is 50.2 Å². The molecule has 6 nitrogen and oxygen atoms in total. The summed E-state index contributed by atoms with van der Waals surface area (Å²) in [7, 11) is 0. The molecule has 0 amide bonds. The lowest BCUT2D eigenvalue weighted by molar-refractivity contribution is 0.290. The van der Waals surface area contributed by atoms with Crippen LogP contribution in [0, 0.1) is 31.0 Å². The lowest BCUT2D eigenvalue weighted by Gasteiger charge is -2.08. The van der Waals surface area contributed by atoms with E-state index in [9.17, 15) is 0 Å². The number of aryl methyl sites for hydroxylation is 2. The maximum atomic E-state index is 5.87. The molecule has 3 rings (SSSR count). The van der Waals surface area contributed by atoms with Crippen molar-refractivity contribution in [2.75, 3.05) is 6.61 Å². The number of aromatic nitrogens is 3. The molecule has 3 aromatic rings. The lowest BCUT2D eigenvalue weighted by atomic mass is 10.1. The van der Waals surface area contributed by atoms with Crippen LogP contribution in [0.4, 0.5) is 0 Å². The number of para-hydroxylation sites is 1. The van der Waals surface area contributed by atoms with Crippen LogP contribution < -0.4 is 9.47 Å². The predicted octanol–water partition coefficient (Wildman–Crippen LogP) is 4.03. The molecule has 0 aliphatic carbocycles. The van der Waals surface area contributed by atoms with E-state index in [0.717, 1.165) is 22.4 Å². The van der Waals surface area contributed by atoms with E-state index in [4.69, 9.17) is 28.1 Å². The summed E-state index contributed by atoms with van der Waals surface area (Å²) in [5.74, 6) is 4.43. The Morgan fingerprint density at radius 3 is 2.71 bits per heavy atom. The van der Waals surface area contributed by atoms with Crippen LogP contribution in [0.2, 0.25) is 0 Å². The first kappa shape index (κ1) is 19.4. The van der Waals surface area contributed by atoms with Crippen LogP contribution >= 0.6 is 12.2 Å². The highest BCUT2D eigenvalue weighted by Gasteiger charge is 2.07. The molecule has 2 aromatic carbocycles. The maximum absolute atomic E-state index is 5.87. The number of nitrogens with one attached hydrogen (secondary N) is 1. The molecule has 0 aliphatic heterocycles. The van der Waals surface area contributed by atoms with Gasteiger partial charge in [-0.3, -0.25) is 0 Å². The summed E-state index contributed by atoms with van der Waals surface area (Å²) in [5, 5.41) is 11.4. The topological polar surface area (TPSA) is 64.4 Å². The van der Waals surface area contributed by atoms with Gasteiger partial charge in [0.1, 0.15) is 24.7 Å². The van der Waals surface area contributed by atoms with Gasteiger partial charge in [-0.25, -0.2) is 5.10 Å². The zero-order valence-electron chi connectivity index (χ0n) is 15.7. The quantitative estimate of drug-likeness (QED) is 0.375. The zero-order valence-corrected chi connectivity index (χ0v) is 16.5. The zero-order chi connectivity index (χ0) is 19.9. The second-order valence-corrected chi connectivity index (χ2v) is 6.53. The van der Waals surface area contributed by atoms with Crippen molar-refractivity contribution in [3.63, 3.8) is 0 Å². The van der Waals surface area contributed by atoms with Gasteiger partial charge in [-0.1, -0.05) is 24.1 Å². The normalized spacial score (nSPS) is 10.8. The molecule has 0 spiro atoms. The predicted molar refractivity (Wildman–Crippen MR) is 111 cm³/mol. The number of hydrogen-bond donors (Lipinski definition) is 1. The van der Waals surface area contributed by atoms with Crippen LogP contribution in [-0.4, -0.2) is 27.7 Å². The van der Waals surface area contributed by atoms with Gasteiger partial charge >= 0.3 is 0 Å². The minimum absolute atomic E-state index is 0.186. The van der Waals surface area contributed by atoms with Crippen molar-refractivity contribution >= 4 is 18.4 Å². The van der Waals surface area contributed by atoms with Gasteiger partial charge in [-0.15, -0.1) is 6.42 Å². The first-order chi connectivity index (χ1) is 13.6. The van der Waals surface area contributed by atoms with Gasteiger partial charge in [0, 0.05) is 5.56 Å². The summed E-state index contributed by atoms with van der Waals surface area (Å²) in [4.78, 5) is 0. The molecule has 0 bridgehead atoms. The highest BCUT2D eigenvalue weighted by Crippen LogP contribution is 2.18. The fraction of sp³-hybridized carbons (Fsp3) is 0.190. The van der Waals surface area contributed by atoms with Crippen molar-refractivity contribution in [1.29, 1.82) is 0 Å².